The van der Waals surface area contributed by atoms with Gasteiger partial charge in [0, 0.05) is 32.1 Å². The smallest absolute Gasteiger partial charge is 0.314 e. The Morgan fingerprint density at radius 3 is 2.81 bits per heavy atom. The molecule has 136 valence electrons. The van der Waals surface area contributed by atoms with Crippen LogP contribution in [0.15, 0.2) is 54.6 Å². The van der Waals surface area contributed by atoms with E-state index in [-0.39, 0.29) is 12.1 Å². The van der Waals surface area contributed by atoms with Gasteiger partial charge in [-0.2, -0.15) is 0 Å². The highest BCUT2D eigenvalue weighted by Crippen LogP contribution is 2.23. The molecular weight excluding hydrogens is 322 g/mol. The number of allylic oxidation sites excluding steroid dienone is 1. The summed E-state index contributed by atoms with van der Waals surface area (Å²) in [6.45, 7) is 6.01. The van der Waals surface area contributed by atoms with Crippen molar-refractivity contribution >= 4 is 16.8 Å². The summed E-state index contributed by atoms with van der Waals surface area (Å²) in [7, 11) is 0. The van der Waals surface area contributed by atoms with Crippen LogP contribution in [-0.4, -0.2) is 25.7 Å². The fourth-order valence-corrected chi connectivity index (χ4v) is 2.69. The van der Waals surface area contributed by atoms with Crippen LogP contribution in [0.4, 0.5) is 4.79 Å². The Morgan fingerprint density at radius 2 is 1.96 bits per heavy atom. The summed E-state index contributed by atoms with van der Waals surface area (Å²) in [5.41, 5.74) is 1.30. The van der Waals surface area contributed by atoms with Gasteiger partial charge < -0.3 is 16.0 Å². The normalized spacial score (nSPS) is 11.8. The number of benzene rings is 2. The lowest BCUT2D eigenvalue weighted by Gasteiger charge is -2.15. The molecule has 26 heavy (non-hydrogen) atoms. The lowest BCUT2D eigenvalue weighted by atomic mass is 10.00. The molecule has 0 aromatic heterocycles. The molecule has 2 amide bonds. The van der Waals surface area contributed by atoms with E-state index in [0.717, 1.165) is 6.54 Å². The zero-order chi connectivity index (χ0) is 18.6. The number of nitrogens with one attached hydrogen (secondary N) is 3. The largest absolute Gasteiger partial charge is 0.338 e. The second kappa shape index (κ2) is 11.0. The van der Waals surface area contributed by atoms with Gasteiger partial charge in [0.1, 0.15) is 0 Å². The van der Waals surface area contributed by atoms with Crippen LogP contribution < -0.4 is 16.0 Å². The second-order valence-electron chi connectivity index (χ2n) is 5.96. The number of hydrogen-bond acceptors (Lipinski definition) is 2. The van der Waals surface area contributed by atoms with Gasteiger partial charge in [0.25, 0.3) is 0 Å². The van der Waals surface area contributed by atoms with Crippen LogP contribution in [0.1, 0.15) is 31.9 Å². The molecule has 0 saturated carbocycles. The van der Waals surface area contributed by atoms with Crippen LogP contribution in [0.25, 0.3) is 10.8 Å². The molecule has 0 aliphatic rings. The lowest BCUT2D eigenvalue weighted by Crippen LogP contribution is -2.35. The summed E-state index contributed by atoms with van der Waals surface area (Å²) >= 11 is 0. The Morgan fingerprint density at radius 1 is 1.15 bits per heavy atom. The minimum absolute atomic E-state index is 0.142. The van der Waals surface area contributed by atoms with Crippen molar-refractivity contribution in [3.05, 3.63) is 60.2 Å². The van der Waals surface area contributed by atoms with Crippen LogP contribution in [-0.2, 0) is 0 Å². The predicted molar refractivity (Wildman–Crippen MR) is 109 cm³/mol. The molecule has 0 fully saturated rings. The van der Waals surface area contributed by atoms with Crippen molar-refractivity contribution in [1.29, 1.82) is 0 Å². The Hall–Kier alpha value is -2.77. The quantitative estimate of drug-likeness (QED) is 0.527. The number of carbonyl (C=O) groups excluding carboxylic acids is 1. The maximum Gasteiger partial charge on any atom is 0.314 e. The number of rotatable bonds is 7. The first-order valence-corrected chi connectivity index (χ1v) is 9.08. The van der Waals surface area contributed by atoms with Crippen LogP contribution in [0, 0.1) is 11.8 Å². The van der Waals surface area contributed by atoms with Gasteiger partial charge in [-0.05, 0) is 36.3 Å². The maximum absolute atomic E-state index is 11.2. The minimum Gasteiger partial charge on any atom is -0.338 e. The van der Waals surface area contributed by atoms with E-state index in [1.165, 1.54) is 16.3 Å². The van der Waals surface area contributed by atoms with Crippen molar-refractivity contribution in [3.8, 4) is 11.8 Å². The fraction of sp³-hybridized carbons (Fsp3) is 0.318. The fourth-order valence-electron chi connectivity index (χ4n) is 2.69. The van der Waals surface area contributed by atoms with Gasteiger partial charge in [-0.25, -0.2) is 4.79 Å². The Labute approximate surface area is 156 Å². The summed E-state index contributed by atoms with van der Waals surface area (Å²) < 4.78 is 0. The molecule has 0 saturated heterocycles. The summed E-state index contributed by atoms with van der Waals surface area (Å²) in [6, 6.07) is 15.0. The van der Waals surface area contributed by atoms with E-state index in [2.05, 4.69) is 77.2 Å². The van der Waals surface area contributed by atoms with Crippen LogP contribution in [0.3, 0.4) is 0 Å². The molecule has 0 aliphatic heterocycles. The van der Waals surface area contributed by atoms with Gasteiger partial charge in [0.05, 0.1) is 0 Å². The SMILES string of the molecule is CCNC(=O)NCCC#C/C=C/CN[C@H](C)c1cccc2ccccc12. The van der Waals surface area contributed by atoms with E-state index in [0.29, 0.717) is 19.5 Å². The summed E-state index contributed by atoms with van der Waals surface area (Å²) in [4.78, 5) is 11.2. The molecule has 0 unspecified atom stereocenters. The highest BCUT2D eigenvalue weighted by atomic mass is 16.2. The second-order valence-corrected chi connectivity index (χ2v) is 5.96. The molecule has 2 rings (SSSR count). The van der Waals surface area contributed by atoms with Crippen LogP contribution in [0.2, 0.25) is 0 Å². The highest BCUT2D eigenvalue weighted by Gasteiger charge is 2.07. The molecule has 0 bridgehead atoms. The molecule has 0 spiro atoms. The minimum atomic E-state index is -0.142. The van der Waals surface area contributed by atoms with E-state index < -0.39 is 0 Å². The summed E-state index contributed by atoms with van der Waals surface area (Å²) in [6.07, 6.45) is 4.52. The molecule has 0 radical (unpaired) electrons. The van der Waals surface area contributed by atoms with Gasteiger partial charge >= 0.3 is 6.03 Å². The average molecular weight is 349 g/mol. The molecule has 0 aliphatic carbocycles. The van der Waals surface area contributed by atoms with Gasteiger partial charge in [-0.3, -0.25) is 0 Å². The van der Waals surface area contributed by atoms with Crippen LogP contribution >= 0.6 is 0 Å². The molecule has 3 N–H and O–H groups in total. The number of carbonyl (C=O) groups is 1. The van der Waals surface area contributed by atoms with Gasteiger partial charge in [0.2, 0.25) is 0 Å². The average Bonchev–Trinajstić information content (AvgIpc) is 2.66. The van der Waals surface area contributed by atoms with Crippen molar-refractivity contribution in [1.82, 2.24) is 16.0 Å². The maximum atomic E-state index is 11.2. The Balaban J connectivity index is 1.73. The Bertz CT molecular complexity index is 796. The van der Waals surface area contributed by atoms with Gasteiger partial charge in [0.15, 0.2) is 0 Å². The first kappa shape index (κ1) is 19.6. The molecule has 0 heterocycles. The third-order valence-corrected chi connectivity index (χ3v) is 4.01. The lowest BCUT2D eigenvalue weighted by molar-refractivity contribution is 0.241. The number of urea groups is 1. The predicted octanol–water partition coefficient (Wildman–Crippen LogP) is 3.76. The van der Waals surface area contributed by atoms with Crippen LogP contribution in [0.5, 0.6) is 0 Å². The van der Waals surface area contributed by atoms with E-state index >= 15 is 0 Å². The third-order valence-electron chi connectivity index (χ3n) is 4.01. The van der Waals surface area contributed by atoms with E-state index in [4.69, 9.17) is 0 Å². The standard InChI is InChI=1S/C22H27N3O/c1-3-23-22(26)25-17-10-6-4-5-9-16-24-18(2)20-15-11-13-19-12-7-8-14-21(19)20/h5,7-9,11-15,18,24H,3,10,16-17H2,1-2H3,(H2,23,25,26)/b9-5+/t18-/m1/s1. The van der Waals surface area contributed by atoms with Gasteiger partial charge in [-0.15, -0.1) is 0 Å². The van der Waals surface area contributed by atoms with E-state index in [1.54, 1.807) is 0 Å². The van der Waals surface area contributed by atoms with E-state index in [1.807, 2.05) is 19.1 Å². The molecule has 4 heteroatoms. The number of amides is 2. The van der Waals surface area contributed by atoms with Crippen molar-refractivity contribution < 1.29 is 4.79 Å². The number of hydrogen-bond donors (Lipinski definition) is 3. The van der Waals surface area contributed by atoms with Crippen molar-refractivity contribution in [2.75, 3.05) is 19.6 Å². The molecule has 1 atom stereocenters. The highest BCUT2D eigenvalue weighted by molar-refractivity contribution is 5.86. The zero-order valence-electron chi connectivity index (χ0n) is 15.5. The zero-order valence-corrected chi connectivity index (χ0v) is 15.5. The first-order chi connectivity index (χ1) is 12.7. The topological polar surface area (TPSA) is 53.2 Å². The van der Waals surface area contributed by atoms with Crippen molar-refractivity contribution in [2.45, 2.75) is 26.3 Å². The number of fused-ring (bicyclic) bond motifs is 1. The molecule has 2 aromatic rings. The first-order valence-electron chi connectivity index (χ1n) is 9.08. The Kier molecular flexibility index (Phi) is 8.25. The molecular formula is C22H27N3O. The monoisotopic (exact) mass is 349 g/mol. The summed E-state index contributed by atoms with van der Waals surface area (Å²) in [5, 5.41) is 11.5. The van der Waals surface area contributed by atoms with Gasteiger partial charge in [-0.1, -0.05) is 60.4 Å². The van der Waals surface area contributed by atoms with Crippen molar-refractivity contribution in [3.63, 3.8) is 0 Å². The third kappa shape index (κ3) is 6.27. The summed E-state index contributed by atoms with van der Waals surface area (Å²) in [5.74, 6) is 6.01. The van der Waals surface area contributed by atoms with Crippen molar-refractivity contribution in [2.24, 2.45) is 0 Å². The molecule has 2 aromatic carbocycles. The van der Waals surface area contributed by atoms with E-state index in [9.17, 15) is 4.79 Å². The molecule has 4 nitrogen and oxygen atoms in total.